The van der Waals surface area contributed by atoms with Crippen molar-refractivity contribution in [2.75, 3.05) is 5.32 Å². The first-order valence-corrected chi connectivity index (χ1v) is 6.29. The van der Waals surface area contributed by atoms with Crippen molar-refractivity contribution >= 4 is 27.5 Å². The minimum Gasteiger partial charge on any atom is -0.322 e. The average Bonchev–Trinajstić information content (AvgIpc) is 2.37. The van der Waals surface area contributed by atoms with Crippen LogP contribution in [0.5, 0.6) is 0 Å². The standard InChI is InChI=1S/C14H10BrF2NO/c1-8-2-4-10(7-13(8)17)18-14(19)9-3-5-12(16)11(15)6-9/h2-7H,1H3,(H,18,19). The molecule has 0 aliphatic heterocycles. The molecule has 19 heavy (non-hydrogen) atoms. The van der Waals surface area contributed by atoms with E-state index in [2.05, 4.69) is 21.2 Å². The van der Waals surface area contributed by atoms with Crippen molar-refractivity contribution in [2.45, 2.75) is 6.92 Å². The molecule has 0 heterocycles. The van der Waals surface area contributed by atoms with E-state index in [4.69, 9.17) is 0 Å². The highest BCUT2D eigenvalue weighted by Gasteiger charge is 2.09. The highest BCUT2D eigenvalue weighted by atomic mass is 79.9. The van der Waals surface area contributed by atoms with Crippen molar-refractivity contribution in [1.82, 2.24) is 0 Å². The van der Waals surface area contributed by atoms with Crippen LogP contribution in [0.4, 0.5) is 14.5 Å². The predicted octanol–water partition coefficient (Wildman–Crippen LogP) is 4.29. The molecule has 1 N–H and O–H groups in total. The number of carbonyl (C=O) groups is 1. The van der Waals surface area contributed by atoms with Gasteiger partial charge in [0.1, 0.15) is 11.6 Å². The molecule has 0 aromatic heterocycles. The van der Waals surface area contributed by atoms with Crippen LogP contribution in [0.2, 0.25) is 0 Å². The summed E-state index contributed by atoms with van der Waals surface area (Å²) in [6.07, 6.45) is 0. The Labute approximate surface area is 117 Å². The highest BCUT2D eigenvalue weighted by Crippen LogP contribution is 2.19. The summed E-state index contributed by atoms with van der Waals surface area (Å²) < 4.78 is 26.6. The van der Waals surface area contributed by atoms with Crippen molar-refractivity contribution in [2.24, 2.45) is 0 Å². The molecule has 0 unspecified atom stereocenters. The Morgan fingerprint density at radius 1 is 1.11 bits per heavy atom. The lowest BCUT2D eigenvalue weighted by molar-refractivity contribution is 0.102. The van der Waals surface area contributed by atoms with Crippen LogP contribution in [0.3, 0.4) is 0 Å². The first-order valence-electron chi connectivity index (χ1n) is 5.50. The summed E-state index contributed by atoms with van der Waals surface area (Å²) in [6.45, 7) is 1.64. The van der Waals surface area contributed by atoms with Gasteiger partial charge in [0.25, 0.3) is 5.91 Å². The second-order valence-corrected chi connectivity index (χ2v) is 4.90. The van der Waals surface area contributed by atoms with Crippen molar-refractivity contribution < 1.29 is 13.6 Å². The lowest BCUT2D eigenvalue weighted by atomic mass is 10.2. The van der Waals surface area contributed by atoms with Gasteiger partial charge in [0.2, 0.25) is 0 Å². The minimum absolute atomic E-state index is 0.204. The molecule has 0 saturated carbocycles. The van der Waals surface area contributed by atoms with E-state index in [9.17, 15) is 13.6 Å². The van der Waals surface area contributed by atoms with Crippen molar-refractivity contribution in [3.63, 3.8) is 0 Å². The average molecular weight is 326 g/mol. The van der Waals surface area contributed by atoms with Crippen LogP contribution >= 0.6 is 15.9 Å². The summed E-state index contributed by atoms with van der Waals surface area (Å²) in [7, 11) is 0. The van der Waals surface area contributed by atoms with Gasteiger partial charge in [-0.1, -0.05) is 6.07 Å². The molecule has 0 radical (unpaired) electrons. The second-order valence-electron chi connectivity index (χ2n) is 4.05. The Bertz CT molecular complexity index is 643. The summed E-state index contributed by atoms with van der Waals surface area (Å²) in [5.74, 6) is -1.26. The Hall–Kier alpha value is -1.75. The summed E-state index contributed by atoms with van der Waals surface area (Å²) in [5.41, 5.74) is 1.14. The number of benzene rings is 2. The van der Waals surface area contributed by atoms with Crippen molar-refractivity contribution in [1.29, 1.82) is 0 Å². The van der Waals surface area contributed by atoms with Crippen LogP contribution in [0.15, 0.2) is 40.9 Å². The first-order chi connectivity index (χ1) is 8.97. The molecular formula is C14H10BrF2NO. The molecule has 2 aromatic rings. The fourth-order valence-corrected chi connectivity index (χ4v) is 1.89. The Morgan fingerprint density at radius 2 is 1.84 bits per heavy atom. The maximum Gasteiger partial charge on any atom is 0.255 e. The van der Waals surface area contributed by atoms with Gasteiger partial charge in [0.15, 0.2) is 0 Å². The summed E-state index contributed by atoms with van der Waals surface area (Å²) in [6, 6.07) is 8.34. The number of aryl methyl sites for hydroxylation is 1. The van der Waals surface area contributed by atoms with Gasteiger partial charge in [-0.15, -0.1) is 0 Å². The topological polar surface area (TPSA) is 29.1 Å². The number of nitrogens with one attached hydrogen (secondary N) is 1. The molecule has 0 fully saturated rings. The Balaban J connectivity index is 2.20. The van der Waals surface area contributed by atoms with Crippen molar-refractivity contribution in [3.05, 3.63) is 63.6 Å². The van der Waals surface area contributed by atoms with E-state index in [1.54, 1.807) is 19.1 Å². The van der Waals surface area contributed by atoms with Gasteiger partial charge in [0.05, 0.1) is 4.47 Å². The number of rotatable bonds is 2. The van der Waals surface area contributed by atoms with Gasteiger partial charge in [-0.2, -0.15) is 0 Å². The lowest BCUT2D eigenvalue weighted by Crippen LogP contribution is -2.12. The van der Waals surface area contributed by atoms with E-state index in [1.165, 1.54) is 24.3 Å². The molecule has 2 nitrogen and oxygen atoms in total. The van der Waals surface area contributed by atoms with Gasteiger partial charge >= 0.3 is 0 Å². The largest absolute Gasteiger partial charge is 0.322 e. The second kappa shape index (κ2) is 5.48. The number of hydrogen-bond acceptors (Lipinski definition) is 1. The van der Waals surface area contributed by atoms with Crippen LogP contribution in [-0.4, -0.2) is 5.91 Å². The van der Waals surface area contributed by atoms with Crippen LogP contribution in [0.1, 0.15) is 15.9 Å². The monoisotopic (exact) mass is 325 g/mol. The Kier molecular flexibility index (Phi) is 3.95. The van der Waals surface area contributed by atoms with Gasteiger partial charge in [-0.25, -0.2) is 8.78 Å². The molecular weight excluding hydrogens is 316 g/mol. The predicted molar refractivity (Wildman–Crippen MR) is 73.2 cm³/mol. The smallest absolute Gasteiger partial charge is 0.255 e. The molecule has 0 aliphatic rings. The van der Waals surface area contributed by atoms with Crippen LogP contribution in [-0.2, 0) is 0 Å². The van der Waals surface area contributed by atoms with Gasteiger partial charge in [-0.3, -0.25) is 4.79 Å². The number of amides is 1. The summed E-state index contributed by atoms with van der Waals surface area (Å²) >= 11 is 3.01. The minimum atomic E-state index is -0.446. The number of halogens is 3. The number of anilines is 1. The van der Waals surface area contributed by atoms with E-state index in [0.717, 1.165) is 0 Å². The molecule has 1 amide bonds. The van der Waals surface area contributed by atoms with Crippen LogP contribution in [0.25, 0.3) is 0 Å². The third-order valence-corrected chi connectivity index (χ3v) is 3.22. The zero-order chi connectivity index (χ0) is 14.0. The third-order valence-electron chi connectivity index (χ3n) is 2.61. The maximum absolute atomic E-state index is 13.3. The molecule has 2 aromatic carbocycles. The first kappa shape index (κ1) is 13.7. The molecule has 0 bridgehead atoms. The molecule has 0 atom stereocenters. The number of carbonyl (C=O) groups excluding carboxylic acids is 1. The molecule has 2 rings (SSSR count). The Morgan fingerprint density at radius 3 is 2.47 bits per heavy atom. The van der Waals surface area contributed by atoms with Crippen LogP contribution in [0, 0.1) is 18.6 Å². The van der Waals surface area contributed by atoms with E-state index >= 15 is 0 Å². The molecule has 98 valence electrons. The molecule has 0 aliphatic carbocycles. The molecule has 0 spiro atoms. The molecule has 5 heteroatoms. The highest BCUT2D eigenvalue weighted by molar-refractivity contribution is 9.10. The van der Waals surface area contributed by atoms with E-state index in [0.29, 0.717) is 11.3 Å². The third kappa shape index (κ3) is 3.17. The zero-order valence-corrected chi connectivity index (χ0v) is 11.6. The van der Waals surface area contributed by atoms with Gasteiger partial charge in [0, 0.05) is 11.3 Å². The van der Waals surface area contributed by atoms with Crippen LogP contribution < -0.4 is 5.32 Å². The summed E-state index contributed by atoms with van der Waals surface area (Å²) in [5, 5.41) is 2.55. The summed E-state index contributed by atoms with van der Waals surface area (Å²) in [4.78, 5) is 11.9. The molecule has 0 saturated heterocycles. The van der Waals surface area contributed by atoms with Gasteiger partial charge < -0.3 is 5.32 Å². The zero-order valence-electron chi connectivity index (χ0n) is 10.0. The fraction of sp³-hybridized carbons (Fsp3) is 0.0714. The normalized spacial score (nSPS) is 10.3. The lowest BCUT2D eigenvalue weighted by Gasteiger charge is -2.07. The van der Waals surface area contributed by atoms with E-state index < -0.39 is 17.5 Å². The van der Waals surface area contributed by atoms with Gasteiger partial charge in [-0.05, 0) is 58.7 Å². The number of hydrogen-bond donors (Lipinski definition) is 1. The quantitative estimate of drug-likeness (QED) is 0.876. The van der Waals surface area contributed by atoms with E-state index in [1.807, 2.05) is 0 Å². The van der Waals surface area contributed by atoms with Crippen molar-refractivity contribution in [3.8, 4) is 0 Å². The maximum atomic E-state index is 13.3. The fourth-order valence-electron chi connectivity index (χ4n) is 1.51. The van der Waals surface area contributed by atoms with E-state index in [-0.39, 0.29) is 10.0 Å². The SMILES string of the molecule is Cc1ccc(NC(=O)c2ccc(F)c(Br)c2)cc1F.